The summed E-state index contributed by atoms with van der Waals surface area (Å²) in [6, 6.07) is 11.7. The van der Waals surface area contributed by atoms with Crippen LogP contribution in [0.5, 0.6) is 0 Å². The Morgan fingerprint density at radius 2 is 2.06 bits per heavy atom. The van der Waals surface area contributed by atoms with E-state index in [4.69, 9.17) is 11.6 Å². The highest BCUT2D eigenvalue weighted by atomic mass is 35.5. The van der Waals surface area contributed by atoms with Crippen molar-refractivity contribution < 1.29 is 17.6 Å². The Labute approximate surface area is 187 Å². The maximum atomic E-state index is 14.8. The minimum Gasteiger partial charge on any atom is -0.364 e. The standard InChI is InChI=1S/C23H26ClFN2O3S/c1-3-31(29,30)14-12-16(2)26-23(28)19-11-10-17(15-21(19)25)27-13-6-9-22(27)18-7-4-5-8-20(18)24/h4-5,7-8,10-12,14-16,22H,3,6,9,13H2,1-2H3,(H,26,28)/b14-12+/t16-,22+/m1/s1. The zero-order chi connectivity index (χ0) is 22.6. The van der Waals surface area contributed by atoms with Gasteiger partial charge in [0.15, 0.2) is 9.84 Å². The molecule has 1 amide bonds. The molecule has 1 heterocycles. The molecular formula is C23H26ClFN2O3S. The van der Waals surface area contributed by atoms with Crippen LogP contribution in [-0.4, -0.2) is 32.7 Å². The molecule has 1 N–H and O–H groups in total. The molecule has 31 heavy (non-hydrogen) atoms. The van der Waals surface area contributed by atoms with E-state index >= 15 is 0 Å². The molecule has 0 bridgehead atoms. The Morgan fingerprint density at radius 1 is 1.32 bits per heavy atom. The van der Waals surface area contributed by atoms with Gasteiger partial charge in [0.05, 0.1) is 17.4 Å². The summed E-state index contributed by atoms with van der Waals surface area (Å²) in [6.07, 6.45) is 3.25. The van der Waals surface area contributed by atoms with Gasteiger partial charge in [-0.15, -0.1) is 0 Å². The second kappa shape index (κ2) is 9.83. The van der Waals surface area contributed by atoms with Crippen molar-refractivity contribution in [1.82, 2.24) is 5.32 Å². The fourth-order valence-corrected chi connectivity index (χ4v) is 4.61. The summed E-state index contributed by atoms with van der Waals surface area (Å²) in [6.45, 7) is 3.94. The maximum absolute atomic E-state index is 14.8. The van der Waals surface area contributed by atoms with Crippen molar-refractivity contribution in [3.05, 3.63) is 75.9 Å². The fourth-order valence-electron chi connectivity index (χ4n) is 3.68. The van der Waals surface area contributed by atoms with Crippen molar-refractivity contribution in [1.29, 1.82) is 0 Å². The highest BCUT2D eigenvalue weighted by Gasteiger charge is 2.28. The predicted octanol–water partition coefficient (Wildman–Crippen LogP) is 4.89. The first kappa shape index (κ1) is 23.3. The molecule has 0 saturated carbocycles. The zero-order valence-corrected chi connectivity index (χ0v) is 19.1. The van der Waals surface area contributed by atoms with Crippen molar-refractivity contribution in [2.24, 2.45) is 0 Å². The van der Waals surface area contributed by atoms with Crippen LogP contribution in [-0.2, 0) is 9.84 Å². The summed E-state index contributed by atoms with van der Waals surface area (Å²) in [5.74, 6) is -1.25. The molecule has 3 rings (SSSR count). The van der Waals surface area contributed by atoms with Crippen LogP contribution in [0.3, 0.4) is 0 Å². The molecule has 1 aliphatic rings. The van der Waals surface area contributed by atoms with Gasteiger partial charge in [-0.3, -0.25) is 4.79 Å². The summed E-state index contributed by atoms with van der Waals surface area (Å²) in [5.41, 5.74) is 1.61. The first-order valence-electron chi connectivity index (χ1n) is 10.2. The molecule has 2 aromatic carbocycles. The quantitative estimate of drug-likeness (QED) is 0.633. The summed E-state index contributed by atoms with van der Waals surface area (Å²) >= 11 is 6.37. The number of hydrogen-bond acceptors (Lipinski definition) is 4. The lowest BCUT2D eigenvalue weighted by atomic mass is 10.0. The second-order valence-corrected chi connectivity index (χ2v) is 10.2. The molecule has 0 aromatic heterocycles. The third-order valence-electron chi connectivity index (χ3n) is 5.38. The summed E-state index contributed by atoms with van der Waals surface area (Å²) in [5, 5.41) is 4.36. The average Bonchev–Trinajstić information content (AvgIpc) is 3.22. The highest BCUT2D eigenvalue weighted by Crippen LogP contribution is 2.39. The first-order chi connectivity index (χ1) is 14.7. The second-order valence-electron chi connectivity index (χ2n) is 7.58. The number of benzene rings is 2. The largest absolute Gasteiger partial charge is 0.364 e. The highest BCUT2D eigenvalue weighted by molar-refractivity contribution is 7.94. The van der Waals surface area contributed by atoms with E-state index in [1.807, 2.05) is 24.3 Å². The summed E-state index contributed by atoms with van der Waals surface area (Å²) in [4.78, 5) is 14.6. The van der Waals surface area contributed by atoms with Crippen LogP contribution in [0.1, 0.15) is 48.7 Å². The maximum Gasteiger partial charge on any atom is 0.254 e. The molecule has 0 unspecified atom stereocenters. The van der Waals surface area contributed by atoms with Gasteiger partial charge in [0, 0.05) is 28.7 Å². The van der Waals surface area contributed by atoms with E-state index in [9.17, 15) is 17.6 Å². The number of nitrogens with zero attached hydrogens (tertiary/aromatic N) is 1. The monoisotopic (exact) mass is 464 g/mol. The number of sulfone groups is 1. The van der Waals surface area contributed by atoms with E-state index in [-0.39, 0.29) is 17.4 Å². The van der Waals surface area contributed by atoms with Gasteiger partial charge >= 0.3 is 0 Å². The van der Waals surface area contributed by atoms with E-state index in [2.05, 4.69) is 10.2 Å². The Hall–Kier alpha value is -2.38. The van der Waals surface area contributed by atoms with Gasteiger partial charge in [-0.25, -0.2) is 12.8 Å². The van der Waals surface area contributed by atoms with E-state index in [1.54, 1.807) is 13.0 Å². The number of nitrogens with one attached hydrogen (secondary N) is 1. The lowest BCUT2D eigenvalue weighted by Crippen LogP contribution is -2.32. The van der Waals surface area contributed by atoms with E-state index in [0.29, 0.717) is 10.7 Å². The molecule has 1 saturated heterocycles. The number of amides is 1. The van der Waals surface area contributed by atoms with Gasteiger partial charge in [-0.05, 0) is 49.6 Å². The zero-order valence-electron chi connectivity index (χ0n) is 17.5. The molecule has 2 aromatic rings. The van der Waals surface area contributed by atoms with Gasteiger partial charge in [-0.2, -0.15) is 0 Å². The summed E-state index contributed by atoms with van der Waals surface area (Å²) < 4.78 is 37.9. The van der Waals surface area contributed by atoms with Crippen LogP contribution in [0.4, 0.5) is 10.1 Å². The van der Waals surface area contributed by atoms with Crippen molar-refractivity contribution in [2.45, 2.75) is 38.8 Å². The molecule has 8 heteroatoms. The van der Waals surface area contributed by atoms with Crippen molar-refractivity contribution in [3.8, 4) is 0 Å². The Balaban J connectivity index is 1.75. The van der Waals surface area contributed by atoms with Crippen LogP contribution >= 0.6 is 11.6 Å². The Bertz CT molecular complexity index is 1090. The van der Waals surface area contributed by atoms with Crippen LogP contribution in [0, 0.1) is 5.82 Å². The van der Waals surface area contributed by atoms with Crippen LogP contribution in [0.2, 0.25) is 5.02 Å². The van der Waals surface area contributed by atoms with Gasteiger partial charge in [0.2, 0.25) is 0 Å². The molecule has 2 atom stereocenters. The first-order valence-corrected chi connectivity index (χ1v) is 12.3. The van der Waals surface area contributed by atoms with Gasteiger partial charge in [0.25, 0.3) is 5.91 Å². The SMILES string of the molecule is CCS(=O)(=O)/C=C/[C@@H](C)NC(=O)c1ccc(N2CCC[C@H]2c2ccccc2Cl)cc1F. The van der Waals surface area contributed by atoms with Crippen molar-refractivity contribution >= 4 is 33.0 Å². The third kappa shape index (κ3) is 5.66. The lowest BCUT2D eigenvalue weighted by Gasteiger charge is -2.28. The van der Waals surface area contributed by atoms with Gasteiger partial charge in [-0.1, -0.05) is 42.8 Å². The number of carbonyl (C=O) groups excluding carboxylic acids is 1. The smallest absolute Gasteiger partial charge is 0.254 e. The molecule has 0 aliphatic carbocycles. The van der Waals surface area contributed by atoms with Gasteiger partial charge < -0.3 is 10.2 Å². The normalized spacial score (nSPS) is 17.8. The van der Waals surface area contributed by atoms with E-state index in [0.717, 1.165) is 30.4 Å². The van der Waals surface area contributed by atoms with Gasteiger partial charge in [0.1, 0.15) is 5.82 Å². The number of anilines is 1. The number of hydrogen-bond donors (Lipinski definition) is 1. The number of halogens is 2. The number of carbonyl (C=O) groups is 1. The topological polar surface area (TPSA) is 66.5 Å². The average molecular weight is 465 g/mol. The minimum absolute atomic E-state index is 0.0219. The summed E-state index contributed by atoms with van der Waals surface area (Å²) in [7, 11) is -3.29. The Morgan fingerprint density at radius 3 is 2.74 bits per heavy atom. The van der Waals surface area contributed by atoms with Crippen molar-refractivity contribution in [3.63, 3.8) is 0 Å². The molecule has 1 aliphatic heterocycles. The third-order valence-corrected chi connectivity index (χ3v) is 7.10. The molecule has 0 spiro atoms. The Kier molecular flexibility index (Phi) is 7.38. The van der Waals surface area contributed by atoms with Crippen LogP contribution < -0.4 is 10.2 Å². The van der Waals surface area contributed by atoms with Crippen LogP contribution in [0.15, 0.2) is 53.9 Å². The molecule has 0 radical (unpaired) electrons. The fraction of sp³-hybridized carbons (Fsp3) is 0.348. The number of rotatable bonds is 7. The lowest BCUT2D eigenvalue weighted by molar-refractivity contribution is 0.0943. The van der Waals surface area contributed by atoms with E-state index < -0.39 is 27.6 Å². The molecular weight excluding hydrogens is 439 g/mol. The predicted molar refractivity (Wildman–Crippen MR) is 123 cm³/mol. The molecule has 5 nitrogen and oxygen atoms in total. The van der Waals surface area contributed by atoms with E-state index in [1.165, 1.54) is 25.1 Å². The van der Waals surface area contributed by atoms with Crippen molar-refractivity contribution in [2.75, 3.05) is 17.2 Å². The van der Waals surface area contributed by atoms with Crippen LogP contribution in [0.25, 0.3) is 0 Å². The molecule has 1 fully saturated rings. The molecule has 166 valence electrons. The minimum atomic E-state index is -3.29.